The van der Waals surface area contributed by atoms with Crippen molar-refractivity contribution < 1.29 is 4.79 Å². The van der Waals surface area contributed by atoms with E-state index in [0.717, 1.165) is 22.6 Å². The van der Waals surface area contributed by atoms with Crippen LogP contribution in [0.3, 0.4) is 0 Å². The van der Waals surface area contributed by atoms with Crippen LogP contribution in [0.5, 0.6) is 0 Å². The second-order valence-electron chi connectivity index (χ2n) is 6.63. The fourth-order valence-corrected chi connectivity index (χ4v) is 3.57. The van der Waals surface area contributed by atoms with E-state index in [9.17, 15) is 4.79 Å². The fraction of sp³-hybridized carbons (Fsp3) is 0.316. The Balaban J connectivity index is 1.81. The molecule has 1 atom stereocenters. The number of nitrogens with zero attached hydrogens (tertiary/aromatic N) is 4. The van der Waals surface area contributed by atoms with Crippen LogP contribution in [0.4, 0.5) is 5.69 Å². The van der Waals surface area contributed by atoms with Crippen LogP contribution in [0.15, 0.2) is 24.4 Å². The van der Waals surface area contributed by atoms with Crippen LogP contribution in [0.2, 0.25) is 15.1 Å². The van der Waals surface area contributed by atoms with E-state index in [1.54, 1.807) is 28.4 Å². The van der Waals surface area contributed by atoms with Crippen LogP contribution in [-0.2, 0) is 11.3 Å². The topological polar surface area (TPSA) is 64.7 Å². The minimum atomic E-state index is -0.514. The van der Waals surface area contributed by atoms with Crippen LogP contribution >= 0.6 is 34.8 Å². The van der Waals surface area contributed by atoms with Crippen LogP contribution in [0.25, 0.3) is 0 Å². The molecule has 0 bridgehead atoms. The summed E-state index contributed by atoms with van der Waals surface area (Å²) < 4.78 is 3.40. The third-order valence-corrected chi connectivity index (χ3v) is 5.65. The quantitative estimate of drug-likeness (QED) is 0.592. The molecule has 0 spiro atoms. The number of anilines is 1. The number of benzene rings is 1. The molecular weight excluding hydrogens is 421 g/mol. The average Bonchev–Trinajstić information content (AvgIpc) is 3.10. The SMILES string of the molecule is Cc1nn(Cc2ccc(Cl)cc2Cl)c(C)c1NC(=O)C(C)n1ncc(Cl)c1C. The van der Waals surface area contributed by atoms with Gasteiger partial charge in [-0.25, -0.2) is 0 Å². The zero-order valence-electron chi connectivity index (χ0n) is 15.9. The highest BCUT2D eigenvalue weighted by Crippen LogP contribution is 2.26. The van der Waals surface area contributed by atoms with Crippen LogP contribution in [0.1, 0.15) is 35.6 Å². The van der Waals surface area contributed by atoms with Crippen LogP contribution < -0.4 is 5.32 Å². The number of halogens is 3. The van der Waals surface area contributed by atoms with E-state index in [4.69, 9.17) is 34.8 Å². The van der Waals surface area contributed by atoms with Crippen molar-refractivity contribution in [2.75, 3.05) is 5.32 Å². The van der Waals surface area contributed by atoms with Gasteiger partial charge in [0.05, 0.1) is 40.5 Å². The van der Waals surface area contributed by atoms with Gasteiger partial charge in [0.2, 0.25) is 5.91 Å². The van der Waals surface area contributed by atoms with Crippen molar-refractivity contribution in [3.63, 3.8) is 0 Å². The Morgan fingerprint density at radius 3 is 2.46 bits per heavy atom. The van der Waals surface area contributed by atoms with E-state index in [1.807, 2.05) is 26.8 Å². The lowest BCUT2D eigenvalue weighted by atomic mass is 10.2. The zero-order valence-corrected chi connectivity index (χ0v) is 18.2. The van der Waals surface area contributed by atoms with Gasteiger partial charge in [-0.15, -0.1) is 0 Å². The normalized spacial score (nSPS) is 12.2. The summed E-state index contributed by atoms with van der Waals surface area (Å²) in [6, 6.07) is 4.84. The second-order valence-corrected chi connectivity index (χ2v) is 7.88. The smallest absolute Gasteiger partial charge is 0.249 e. The summed E-state index contributed by atoms with van der Waals surface area (Å²) in [7, 11) is 0. The van der Waals surface area contributed by atoms with Gasteiger partial charge < -0.3 is 5.32 Å². The number of amides is 1. The van der Waals surface area contributed by atoms with Crippen LogP contribution in [-0.4, -0.2) is 25.5 Å². The molecule has 1 aromatic carbocycles. The van der Waals surface area contributed by atoms with Gasteiger partial charge in [0.1, 0.15) is 6.04 Å². The molecule has 0 saturated carbocycles. The number of hydrogen-bond acceptors (Lipinski definition) is 3. The first kappa shape index (κ1) is 20.7. The lowest BCUT2D eigenvalue weighted by Gasteiger charge is -2.15. The molecule has 28 heavy (non-hydrogen) atoms. The largest absolute Gasteiger partial charge is 0.321 e. The van der Waals surface area contributed by atoms with Crippen molar-refractivity contribution in [1.29, 1.82) is 0 Å². The average molecular weight is 441 g/mol. The molecular formula is C19H20Cl3N5O. The fourth-order valence-electron chi connectivity index (χ4n) is 2.97. The predicted molar refractivity (Wildman–Crippen MR) is 113 cm³/mol. The molecule has 2 heterocycles. The number of rotatable bonds is 5. The standard InChI is InChI=1S/C19H20Cl3N5O/c1-10-18(24-19(28)13(4)27-11(2)17(22)8-23-27)12(3)26(25-10)9-14-5-6-15(20)7-16(14)21/h5-8,13H,9H2,1-4H3,(H,24,28). The third-order valence-electron chi connectivity index (χ3n) is 4.70. The second kappa shape index (κ2) is 8.15. The van der Waals surface area contributed by atoms with E-state index >= 15 is 0 Å². The van der Waals surface area contributed by atoms with Gasteiger partial charge in [-0.05, 0) is 45.4 Å². The molecule has 0 radical (unpaired) electrons. The first-order valence-corrected chi connectivity index (χ1v) is 9.80. The summed E-state index contributed by atoms with van der Waals surface area (Å²) in [5, 5.41) is 13.4. The number of carbonyl (C=O) groups is 1. The lowest BCUT2D eigenvalue weighted by Crippen LogP contribution is -2.25. The van der Waals surface area contributed by atoms with Crippen LogP contribution in [0, 0.1) is 20.8 Å². The molecule has 2 aromatic heterocycles. The third kappa shape index (κ3) is 4.04. The number of aryl methyl sites for hydroxylation is 1. The van der Waals surface area contributed by atoms with Crippen molar-refractivity contribution in [3.8, 4) is 0 Å². The van der Waals surface area contributed by atoms with Crippen molar-refractivity contribution in [3.05, 3.63) is 62.1 Å². The Morgan fingerprint density at radius 1 is 1.14 bits per heavy atom. The molecule has 1 N–H and O–H groups in total. The highest BCUT2D eigenvalue weighted by molar-refractivity contribution is 6.35. The molecule has 3 rings (SSSR count). The summed E-state index contributed by atoms with van der Waals surface area (Å²) in [5.74, 6) is -0.196. The first-order valence-electron chi connectivity index (χ1n) is 8.67. The van der Waals surface area contributed by atoms with E-state index < -0.39 is 6.04 Å². The molecule has 9 heteroatoms. The molecule has 0 fully saturated rings. The summed E-state index contributed by atoms with van der Waals surface area (Å²) >= 11 is 18.3. The highest BCUT2D eigenvalue weighted by Gasteiger charge is 2.22. The maximum Gasteiger partial charge on any atom is 0.249 e. The molecule has 6 nitrogen and oxygen atoms in total. The monoisotopic (exact) mass is 439 g/mol. The van der Waals surface area contributed by atoms with Gasteiger partial charge >= 0.3 is 0 Å². The Bertz CT molecular complexity index is 1040. The molecule has 148 valence electrons. The van der Waals surface area contributed by atoms with Gasteiger partial charge in [-0.2, -0.15) is 10.2 Å². The Labute approximate surface area is 178 Å². The van der Waals surface area contributed by atoms with Crippen molar-refractivity contribution in [2.24, 2.45) is 0 Å². The molecule has 0 aliphatic carbocycles. The minimum Gasteiger partial charge on any atom is -0.321 e. The Hall–Kier alpha value is -2.02. The van der Waals surface area contributed by atoms with Gasteiger partial charge in [-0.1, -0.05) is 40.9 Å². The molecule has 0 aliphatic rings. The highest BCUT2D eigenvalue weighted by atomic mass is 35.5. The van der Waals surface area contributed by atoms with E-state index in [0.29, 0.717) is 27.3 Å². The van der Waals surface area contributed by atoms with Gasteiger partial charge in [-0.3, -0.25) is 14.2 Å². The van der Waals surface area contributed by atoms with E-state index in [1.165, 1.54) is 6.20 Å². The van der Waals surface area contributed by atoms with E-state index in [-0.39, 0.29) is 5.91 Å². The Morgan fingerprint density at radius 2 is 1.86 bits per heavy atom. The summed E-state index contributed by atoms with van der Waals surface area (Å²) in [6.07, 6.45) is 1.53. The van der Waals surface area contributed by atoms with E-state index in [2.05, 4.69) is 15.5 Å². The Kier molecular flexibility index (Phi) is 6.03. The van der Waals surface area contributed by atoms with Gasteiger partial charge in [0.15, 0.2) is 0 Å². The predicted octanol–water partition coefficient (Wildman–Crippen LogP) is 5.21. The zero-order chi connectivity index (χ0) is 20.6. The van der Waals surface area contributed by atoms with Crippen molar-refractivity contribution >= 4 is 46.4 Å². The van der Waals surface area contributed by atoms with Gasteiger partial charge in [0.25, 0.3) is 0 Å². The molecule has 0 saturated heterocycles. The summed E-state index contributed by atoms with van der Waals surface area (Å²) in [5.41, 5.74) is 3.87. The molecule has 1 amide bonds. The summed E-state index contributed by atoms with van der Waals surface area (Å²) in [4.78, 5) is 12.8. The first-order chi connectivity index (χ1) is 13.2. The number of carbonyl (C=O) groups excluding carboxylic acids is 1. The van der Waals surface area contributed by atoms with Crippen molar-refractivity contribution in [1.82, 2.24) is 19.6 Å². The number of nitrogens with one attached hydrogen (secondary N) is 1. The lowest BCUT2D eigenvalue weighted by molar-refractivity contribution is -0.119. The molecule has 1 unspecified atom stereocenters. The maximum atomic E-state index is 12.8. The van der Waals surface area contributed by atoms with Crippen molar-refractivity contribution in [2.45, 2.75) is 40.3 Å². The maximum absolute atomic E-state index is 12.8. The van der Waals surface area contributed by atoms with Gasteiger partial charge in [0, 0.05) is 10.0 Å². The molecule has 3 aromatic rings. The number of hydrogen-bond donors (Lipinski definition) is 1. The summed E-state index contributed by atoms with van der Waals surface area (Å²) in [6.45, 7) is 7.82. The number of aromatic nitrogens is 4. The molecule has 0 aliphatic heterocycles. The minimum absolute atomic E-state index is 0.196.